The quantitative estimate of drug-likeness (QED) is 0.589. The van der Waals surface area contributed by atoms with Gasteiger partial charge in [0.05, 0.1) is 32.9 Å². The lowest BCUT2D eigenvalue weighted by Crippen LogP contribution is -2.44. The molecule has 0 radical (unpaired) electrons. The number of nitrogens with zero attached hydrogens (tertiary/aromatic N) is 1. The summed E-state index contributed by atoms with van der Waals surface area (Å²) in [6, 6.07) is 5.19. The van der Waals surface area contributed by atoms with Crippen LogP contribution in [0.25, 0.3) is 0 Å². The Bertz CT molecular complexity index is 465. The van der Waals surface area contributed by atoms with E-state index in [1.807, 2.05) is 22.9 Å². The Labute approximate surface area is 135 Å². The highest BCUT2D eigenvalue weighted by Crippen LogP contribution is 2.28. The molecule has 1 aromatic carbocycles. The van der Waals surface area contributed by atoms with Crippen molar-refractivity contribution in [2.75, 3.05) is 13.1 Å². The first-order valence-electron chi connectivity index (χ1n) is 5.87. The third kappa shape index (κ3) is 4.03. The second-order valence-corrected chi connectivity index (χ2v) is 5.63. The van der Waals surface area contributed by atoms with Crippen molar-refractivity contribution >= 4 is 52.1 Å². The van der Waals surface area contributed by atoms with E-state index in [4.69, 9.17) is 27.9 Å². The van der Waals surface area contributed by atoms with E-state index in [-0.39, 0.29) is 12.1 Å². The van der Waals surface area contributed by atoms with Gasteiger partial charge in [-0.1, -0.05) is 23.2 Å². The maximum Gasteiger partial charge on any atom is 0.326 e. The fourth-order valence-corrected chi connectivity index (χ4v) is 2.61. The predicted molar refractivity (Wildman–Crippen MR) is 84.2 cm³/mol. The lowest BCUT2D eigenvalue weighted by Gasteiger charge is -2.31. The van der Waals surface area contributed by atoms with Gasteiger partial charge in [-0.2, -0.15) is 0 Å². The maximum absolute atomic E-state index is 11.4. The van der Waals surface area contributed by atoms with Crippen LogP contribution in [0.4, 0.5) is 4.79 Å². The van der Waals surface area contributed by atoms with E-state index in [0.717, 1.165) is 12.8 Å². The second kappa shape index (κ2) is 6.85. The van der Waals surface area contributed by atoms with Gasteiger partial charge in [-0.25, -0.2) is 4.79 Å². The molecule has 1 saturated heterocycles. The molecule has 1 aliphatic rings. The molecule has 1 heterocycles. The number of rotatable bonds is 2. The van der Waals surface area contributed by atoms with E-state index < -0.39 is 0 Å². The number of carbonyl (C=O) groups excluding carboxylic acids is 1. The molecule has 1 fully saturated rings. The zero-order valence-corrected chi connectivity index (χ0v) is 13.7. The summed E-state index contributed by atoms with van der Waals surface area (Å²) in [7, 11) is 0. The van der Waals surface area contributed by atoms with Crippen LogP contribution in [-0.2, 0) is 0 Å². The summed E-state index contributed by atoms with van der Waals surface area (Å²) in [5, 5.41) is 1.00. The monoisotopic (exact) mass is 414 g/mol. The molecule has 2 rings (SSSR count). The highest BCUT2D eigenvalue weighted by atomic mass is 127. The van der Waals surface area contributed by atoms with E-state index in [1.165, 1.54) is 0 Å². The molecular formula is C12H13Cl2IN2O2. The van der Waals surface area contributed by atoms with Gasteiger partial charge in [0, 0.05) is 32.0 Å². The first-order valence-corrected chi connectivity index (χ1v) is 7.71. The standard InChI is InChI=1S/C12H13Cl2IN2O2/c13-10-2-1-9(7-11(10)14)19-8-3-5-17(6-4-8)12(18)16-15/h1-2,7-8H,3-6H2,(H,16,18). The van der Waals surface area contributed by atoms with Crippen molar-refractivity contribution in [2.24, 2.45) is 0 Å². The van der Waals surface area contributed by atoms with E-state index in [2.05, 4.69) is 3.53 Å². The second-order valence-electron chi connectivity index (χ2n) is 4.28. The number of benzene rings is 1. The third-order valence-corrected chi connectivity index (χ3v) is 4.20. The fraction of sp³-hybridized carbons (Fsp3) is 0.417. The Morgan fingerprint density at radius 3 is 2.58 bits per heavy atom. The number of likely N-dealkylation sites (tertiary alicyclic amines) is 1. The number of carbonyl (C=O) groups is 1. The molecule has 0 spiro atoms. The Morgan fingerprint density at radius 1 is 1.32 bits per heavy atom. The number of halogens is 3. The van der Waals surface area contributed by atoms with Crippen molar-refractivity contribution in [2.45, 2.75) is 18.9 Å². The van der Waals surface area contributed by atoms with Crippen molar-refractivity contribution in [3.63, 3.8) is 0 Å². The zero-order valence-electron chi connectivity index (χ0n) is 10.0. The average molecular weight is 415 g/mol. The molecule has 0 atom stereocenters. The van der Waals surface area contributed by atoms with Gasteiger partial charge in [0.1, 0.15) is 11.9 Å². The largest absolute Gasteiger partial charge is 0.490 e. The van der Waals surface area contributed by atoms with Gasteiger partial charge in [-0.3, -0.25) is 3.53 Å². The first kappa shape index (κ1) is 15.0. The number of ether oxygens (including phenoxy) is 1. The van der Waals surface area contributed by atoms with Crippen molar-refractivity contribution in [1.29, 1.82) is 0 Å². The smallest absolute Gasteiger partial charge is 0.326 e. The summed E-state index contributed by atoms with van der Waals surface area (Å²) in [6.45, 7) is 1.39. The van der Waals surface area contributed by atoms with Gasteiger partial charge in [0.2, 0.25) is 0 Å². The van der Waals surface area contributed by atoms with Crippen LogP contribution < -0.4 is 8.27 Å². The minimum Gasteiger partial charge on any atom is -0.490 e. The number of piperidine rings is 1. The Morgan fingerprint density at radius 2 is 2.00 bits per heavy atom. The predicted octanol–water partition coefficient (Wildman–Crippen LogP) is 3.90. The summed E-state index contributed by atoms with van der Waals surface area (Å²) in [4.78, 5) is 13.2. The molecule has 0 aromatic heterocycles. The van der Waals surface area contributed by atoms with Crippen LogP contribution in [0.1, 0.15) is 12.8 Å². The molecule has 0 unspecified atom stereocenters. The number of urea groups is 1. The Kier molecular flexibility index (Phi) is 5.41. The summed E-state index contributed by atoms with van der Waals surface area (Å²) < 4.78 is 8.45. The van der Waals surface area contributed by atoms with Crippen LogP contribution in [0.3, 0.4) is 0 Å². The number of nitrogens with one attached hydrogen (secondary N) is 1. The van der Waals surface area contributed by atoms with Crippen molar-refractivity contribution < 1.29 is 9.53 Å². The molecule has 0 aliphatic carbocycles. The maximum atomic E-state index is 11.4. The lowest BCUT2D eigenvalue weighted by molar-refractivity contribution is 0.113. The van der Waals surface area contributed by atoms with Gasteiger partial charge in [0.25, 0.3) is 0 Å². The average Bonchev–Trinajstić information content (AvgIpc) is 2.43. The summed E-state index contributed by atoms with van der Waals surface area (Å²) >= 11 is 13.6. The number of hydrogen-bond acceptors (Lipinski definition) is 2. The molecular weight excluding hydrogens is 402 g/mol. The normalized spacial score (nSPS) is 16.3. The third-order valence-electron chi connectivity index (χ3n) is 3.00. The molecule has 7 heteroatoms. The first-order chi connectivity index (χ1) is 9.10. The zero-order chi connectivity index (χ0) is 13.8. The van der Waals surface area contributed by atoms with E-state index in [1.54, 1.807) is 23.1 Å². The molecule has 0 saturated carbocycles. The van der Waals surface area contributed by atoms with Gasteiger partial charge in [-0.05, 0) is 12.1 Å². The van der Waals surface area contributed by atoms with Crippen LogP contribution in [0.15, 0.2) is 18.2 Å². The molecule has 2 amide bonds. The Balaban J connectivity index is 1.88. The van der Waals surface area contributed by atoms with Crippen LogP contribution >= 0.6 is 46.1 Å². The summed E-state index contributed by atoms with van der Waals surface area (Å²) in [5.41, 5.74) is 0. The highest BCUT2D eigenvalue weighted by molar-refractivity contribution is 14.1. The summed E-state index contributed by atoms with van der Waals surface area (Å²) in [6.07, 6.45) is 1.73. The minimum absolute atomic E-state index is 0.0476. The van der Waals surface area contributed by atoms with Crippen LogP contribution in [0, 0.1) is 0 Å². The number of amides is 2. The highest BCUT2D eigenvalue weighted by Gasteiger charge is 2.23. The van der Waals surface area contributed by atoms with Gasteiger partial charge >= 0.3 is 6.03 Å². The van der Waals surface area contributed by atoms with Crippen molar-refractivity contribution in [1.82, 2.24) is 8.43 Å². The van der Waals surface area contributed by atoms with Crippen LogP contribution in [-0.4, -0.2) is 30.1 Å². The molecule has 0 bridgehead atoms. The molecule has 104 valence electrons. The molecule has 1 aliphatic heterocycles. The van der Waals surface area contributed by atoms with E-state index >= 15 is 0 Å². The molecule has 19 heavy (non-hydrogen) atoms. The van der Waals surface area contributed by atoms with Gasteiger partial charge in [-0.15, -0.1) is 0 Å². The fourth-order valence-electron chi connectivity index (χ4n) is 1.98. The van der Waals surface area contributed by atoms with Gasteiger partial charge < -0.3 is 9.64 Å². The minimum atomic E-state index is -0.0476. The van der Waals surface area contributed by atoms with Gasteiger partial charge in [0.15, 0.2) is 0 Å². The number of hydrogen-bond donors (Lipinski definition) is 1. The Hall–Kier alpha value is -0.400. The lowest BCUT2D eigenvalue weighted by atomic mass is 10.1. The van der Waals surface area contributed by atoms with E-state index in [0.29, 0.717) is 28.9 Å². The molecule has 1 aromatic rings. The SMILES string of the molecule is O=C(NI)N1CCC(Oc2ccc(Cl)c(Cl)c2)CC1. The molecule has 1 N–H and O–H groups in total. The van der Waals surface area contributed by atoms with Crippen molar-refractivity contribution in [3.8, 4) is 5.75 Å². The van der Waals surface area contributed by atoms with E-state index in [9.17, 15) is 4.79 Å². The van der Waals surface area contributed by atoms with Crippen LogP contribution in [0.5, 0.6) is 5.75 Å². The topological polar surface area (TPSA) is 41.6 Å². The summed E-state index contributed by atoms with van der Waals surface area (Å²) in [5.74, 6) is 0.714. The molecule has 4 nitrogen and oxygen atoms in total. The van der Waals surface area contributed by atoms with Crippen LogP contribution in [0.2, 0.25) is 10.0 Å². The van der Waals surface area contributed by atoms with Crippen molar-refractivity contribution in [3.05, 3.63) is 28.2 Å².